The van der Waals surface area contributed by atoms with Gasteiger partial charge in [-0.15, -0.1) is 25.3 Å². The molecule has 20 heavy (non-hydrogen) atoms. The molecule has 0 radical (unpaired) electrons. The Morgan fingerprint density at radius 3 is 1.40 bits per heavy atom. The zero-order valence-corrected chi connectivity index (χ0v) is 14.0. The van der Waals surface area contributed by atoms with Gasteiger partial charge in [0.15, 0.2) is 0 Å². The molecular weight excluding hydrogens is 280 g/mol. The van der Waals surface area contributed by atoms with E-state index in [-0.39, 0.29) is 0 Å². The number of hydrogen-bond donors (Lipinski definition) is 2. The van der Waals surface area contributed by atoms with E-state index in [2.05, 4.69) is 75.5 Å². The molecule has 2 rings (SSSR count). The minimum atomic E-state index is 1.04. The van der Waals surface area contributed by atoms with Gasteiger partial charge >= 0.3 is 0 Å². The molecule has 0 saturated heterocycles. The van der Waals surface area contributed by atoms with Crippen LogP contribution in [-0.2, 0) is 25.7 Å². The molecule has 0 aromatic heterocycles. The van der Waals surface area contributed by atoms with Crippen molar-refractivity contribution in [1.29, 1.82) is 0 Å². The highest BCUT2D eigenvalue weighted by atomic mass is 32.1. The van der Waals surface area contributed by atoms with Gasteiger partial charge in [-0.05, 0) is 60.1 Å². The summed E-state index contributed by atoms with van der Waals surface area (Å²) in [6.45, 7) is 4.33. The van der Waals surface area contributed by atoms with Crippen molar-refractivity contribution in [2.75, 3.05) is 0 Å². The Bertz CT molecular complexity index is 534. The lowest BCUT2D eigenvalue weighted by Crippen LogP contribution is -1.94. The molecule has 0 N–H and O–H groups in total. The molecule has 2 aromatic carbocycles. The third-order valence-corrected chi connectivity index (χ3v) is 4.60. The molecule has 0 bridgehead atoms. The molecule has 0 aliphatic carbocycles. The van der Waals surface area contributed by atoms with Gasteiger partial charge in [-0.1, -0.05) is 38.1 Å². The zero-order chi connectivity index (χ0) is 14.5. The summed E-state index contributed by atoms with van der Waals surface area (Å²) in [6, 6.07) is 13.2. The molecule has 0 aliphatic heterocycles. The van der Waals surface area contributed by atoms with Gasteiger partial charge in [0.05, 0.1) is 0 Å². The van der Waals surface area contributed by atoms with Crippen LogP contribution >= 0.6 is 25.3 Å². The van der Waals surface area contributed by atoms with E-state index in [9.17, 15) is 0 Å². The average Bonchev–Trinajstić information content (AvgIpc) is 2.45. The Morgan fingerprint density at radius 1 is 0.700 bits per heavy atom. The maximum atomic E-state index is 4.56. The highest BCUT2D eigenvalue weighted by molar-refractivity contribution is 7.80. The van der Waals surface area contributed by atoms with Crippen LogP contribution in [0.2, 0.25) is 0 Å². The van der Waals surface area contributed by atoms with Crippen LogP contribution in [0.25, 0.3) is 0 Å². The Hall–Kier alpha value is -0.860. The minimum absolute atomic E-state index is 1.04. The highest BCUT2D eigenvalue weighted by Crippen LogP contribution is 2.20. The van der Waals surface area contributed by atoms with Gasteiger partial charge in [0, 0.05) is 9.79 Å². The number of benzene rings is 2. The first-order valence-corrected chi connectivity index (χ1v) is 8.15. The van der Waals surface area contributed by atoms with Crippen molar-refractivity contribution >= 4 is 25.3 Å². The Kier molecular flexibility index (Phi) is 5.62. The first kappa shape index (κ1) is 15.5. The predicted octanol–water partition coefficient (Wildman–Crippen LogP) is 5.17. The number of hydrogen-bond acceptors (Lipinski definition) is 2. The Morgan fingerprint density at radius 2 is 1.10 bits per heavy atom. The largest absolute Gasteiger partial charge is 0.143 e. The second kappa shape index (κ2) is 7.24. The van der Waals surface area contributed by atoms with Crippen molar-refractivity contribution in [3.63, 3.8) is 0 Å². The molecule has 0 aliphatic rings. The van der Waals surface area contributed by atoms with Gasteiger partial charge in [0.1, 0.15) is 0 Å². The number of thiol groups is 2. The molecule has 0 nitrogen and oxygen atoms in total. The molecule has 0 heterocycles. The van der Waals surface area contributed by atoms with Gasteiger partial charge in [-0.3, -0.25) is 0 Å². The lowest BCUT2D eigenvalue weighted by molar-refractivity contribution is 0.937. The monoisotopic (exact) mass is 302 g/mol. The summed E-state index contributed by atoms with van der Waals surface area (Å²) in [5, 5.41) is 0. The lowest BCUT2D eigenvalue weighted by Gasteiger charge is -2.08. The fraction of sp³-hybridized carbons (Fsp3) is 0.333. The fourth-order valence-corrected chi connectivity index (χ4v) is 3.21. The van der Waals surface area contributed by atoms with Gasteiger partial charge in [0.2, 0.25) is 0 Å². The average molecular weight is 303 g/mol. The van der Waals surface area contributed by atoms with E-state index in [1.807, 2.05) is 0 Å². The summed E-state index contributed by atoms with van der Waals surface area (Å²) in [5.74, 6) is 0. The molecule has 0 fully saturated rings. The van der Waals surface area contributed by atoms with E-state index < -0.39 is 0 Å². The third kappa shape index (κ3) is 3.83. The first-order chi connectivity index (χ1) is 9.63. The van der Waals surface area contributed by atoms with Gasteiger partial charge in [-0.2, -0.15) is 0 Å². The van der Waals surface area contributed by atoms with Crippen LogP contribution < -0.4 is 0 Å². The summed E-state index contributed by atoms with van der Waals surface area (Å²) in [5.41, 5.74) is 5.35. The van der Waals surface area contributed by atoms with Crippen LogP contribution in [-0.4, -0.2) is 0 Å². The van der Waals surface area contributed by atoms with E-state index in [1.165, 1.54) is 22.3 Å². The minimum Gasteiger partial charge on any atom is -0.143 e. The SMILES string of the molecule is CCc1ccc(CCc2ccc(CC)c(S)c2)cc1S. The molecular formula is C18H22S2. The van der Waals surface area contributed by atoms with Gasteiger partial charge in [0.25, 0.3) is 0 Å². The smallest absolute Gasteiger partial charge is 0.00746 e. The summed E-state index contributed by atoms with van der Waals surface area (Å²) in [4.78, 5) is 2.22. The number of aryl methyl sites for hydroxylation is 4. The van der Waals surface area contributed by atoms with Crippen LogP contribution in [0, 0.1) is 0 Å². The normalized spacial score (nSPS) is 10.8. The first-order valence-electron chi connectivity index (χ1n) is 7.25. The maximum absolute atomic E-state index is 4.56. The standard InChI is InChI=1S/C18H22S2/c1-3-15-9-7-13(11-17(15)19)5-6-14-8-10-16(4-2)18(20)12-14/h7-12,19-20H,3-6H2,1-2H3. The molecule has 2 aromatic rings. The fourth-order valence-electron chi connectivity index (χ4n) is 2.42. The summed E-state index contributed by atoms with van der Waals surface area (Å²) >= 11 is 9.12. The topological polar surface area (TPSA) is 0 Å². The van der Waals surface area contributed by atoms with Crippen molar-refractivity contribution < 1.29 is 0 Å². The van der Waals surface area contributed by atoms with E-state index in [1.54, 1.807) is 0 Å². The molecule has 0 atom stereocenters. The summed E-state index contributed by atoms with van der Waals surface area (Å²) < 4.78 is 0. The second-order valence-electron chi connectivity index (χ2n) is 5.13. The highest BCUT2D eigenvalue weighted by Gasteiger charge is 2.02. The lowest BCUT2D eigenvalue weighted by atomic mass is 10.0. The predicted molar refractivity (Wildman–Crippen MR) is 93.6 cm³/mol. The van der Waals surface area contributed by atoms with Crippen molar-refractivity contribution in [2.45, 2.75) is 49.3 Å². The van der Waals surface area contributed by atoms with E-state index in [0.717, 1.165) is 35.5 Å². The van der Waals surface area contributed by atoms with Gasteiger partial charge in [-0.25, -0.2) is 0 Å². The molecule has 2 heteroatoms. The van der Waals surface area contributed by atoms with Crippen LogP contribution in [0.1, 0.15) is 36.1 Å². The van der Waals surface area contributed by atoms with Crippen LogP contribution in [0.5, 0.6) is 0 Å². The van der Waals surface area contributed by atoms with E-state index >= 15 is 0 Å². The van der Waals surface area contributed by atoms with Crippen LogP contribution in [0.3, 0.4) is 0 Å². The molecule has 0 saturated carbocycles. The second-order valence-corrected chi connectivity index (χ2v) is 6.10. The van der Waals surface area contributed by atoms with Crippen molar-refractivity contribution in [3.05, 3.63) is 58.7 Å². The molecule has 0 amide bonds. The maximum Gasteiger partial charge on any atom is 0.00746 e. The molecule has 106 valence electrons. The summed E-state index contributed by atoms with van der Waals surface area (Å²) in [7, 11) is 0. The van der Waals surface area contributed by atoms with Gasteiger partial charge < -0.3 is 0 Å². The third-order valence-electron chi connectivity index (χ3n) is 3.76. The summed E-state index contributed by atoms with van der Waals surface area (Å²) in [6.07, 6.45) is 4.19. The van der Waals surface area contributed by atoms with E-state index in [0.29, 0.717) is 0 Å². The molecule has 0 unspecified atom stereocenters. The van der Waals surface area contributed by atoms with Crippen LogP contribution in [0.15, 0.2) is 46.2 Å². The Labute approximate surface area is 133 Å². The van der Waals surface area contributed by atoms with E-state index in [4.69, 9.17) is 0 Å². The van der Waals surface area contributed by atoms with Crippen molar-refractivity contribution in [1.82, 2.24) is 0 Å². The quantitative estimate of drug-likeness (QED) is 0.699. The van der Waals surface area contributed by atoms with Crippen molar-refractivity contribution in [3.8, 4) is 0 Å². The van der Waals surface area contributed by atoms with Crippen LogP contribution in [0.4, 0.5) is 0 Å². The zero-order valence-electron chi connectivity index (χ0n) is 12.2. The molecule has 0 spiro atoms. The number of rotatable bonds is 5. The van der Waals surface area contributed by atoms with Crippen molar-refractivity contribution in [2.24, 2.45) is 0 Å². The Balaban J connectivity index is 2.05.